The molecule has 0 bridgehead atoms. The molecule has 14 aromatic rings. The number of hydrogen-bond acceptors (Lipinski definition) is 4. The first kappa shape index (κ1) is 55.6. The Morgan fingerprint density at radius 1 is 0.418 bits per heavy atom. The van der Waals surface area contributed by atoms with E-state index in [1.54, 1.807) is 0 Å². The summed E-state index contributed by atoms with van der Waals surface area (Å²) in [6.45, 7) is 9.11. The zero-order valence-corrected chi connectivity index (χ0v) is 53.0. The normalized spacial score (nSPS) is 12.9. The summed E-state index contributed by atoms with van der Waals surface area (Å²) in [4.78, 5) is 10.2. The van der Waals surface area contributed by atoms with Crippen molar-refractivity contribution in [2.75, 3.05) is 9.80 Å². The zero-order chi connectivity index (χ0) is 61.4. The predicted octanol–water partition coefficient (Wildman–Crippen LogP) is 21.5. The minimum atomic E-state index is -0.835. The Morgan fingerprint density at radius 3 is 1.56 bits per heavy atom. The summed E-state index contributed by atoms with van der Waals surface area (Å²) in [6, 6.07) is 112. The number of nitrogens with zero attached hydrogens (tertiary/aromatic N) is 5. The average molecular weight is 1350 g/mol. The fourth-order valence-corrected chi connectivity index (χ4v) is 15.0. The summed E-state index contributed by atoms with van der Waals surface area (Å²) < 4.78 is 12.9. The summed E-state index contributed by atoms with van der Waals surface area (Å²) >= 11 is 2.50. The van der Waals surface area contributed by atoms with Crippen molar-refractivity contribution in [1.82, 2.24) is 14.1 Å². The van der Waals surface area contributed by atoms with Gasteiger partial charge < -0.3 is 4.90 Å². The van der Waals surface area contributed by atoms with Gasteiger partial charge in [-0.15, -0.1) is 0 Å². The molecule has 12 aromatic carbocycles. The van der Waals surface area contributed by atoms with Gasteiger partial charge in [-0.25, -0.2) is 0 Å². The van der Waals surface area contributed by atoms with E-state index in [0.29, 0.717) is 11.5 Å². The molecule has 91 heavy (non-hydrogen) atoms. The second kappa shape index (κ2) is 22.4. The van der Waals surface area contributed by atoms with E-state index in [1.165, 1.54) is 27.8 Å². The summed E-state index contributed by atoms with van der Waals surface area (Å²) in [7, 11) is 0. The molecule has 4 heterocycles. The molecule has 1 spiro atoms. The van der Waals surface area contributed by atoms with Crippen molar-refractivity contribution in [3.63, 3.8) is 0 Å². The van der Waals surface area contributed by atoms with Crippen LogP contribution >= 0.6 is 0 Å². The van der Waals surface area contributed by atoms with Crippen LogP contribution in [0.15, 0.2) is 297 Å². The van der Waals surface area contributed by atoms with Crippen molar-refractivity contribution in [3.8, 4) is 67.4 Å². The molecule has 2 aliphatic heterocycles. The second-order valence-corrected chi connectivity index (χ2v) is 25.5. The number of hydrogen-bond donors (Lipinski definition) is 0. The number of imidazole rings is 1. The molecule has 0 amide bonds. The van der Waals surface area contributed by atoms with Gasteiger partial charge in [-0.2, -0.15) is 0 Å². The van der Waals surface area contributed by atoms with Crippen LogP contribution < -0.4 is 14.5 Å². The topological polar surface area (TPSA) is 38.5 Å². The van der Waals surface area contributed by atoms with E-state index >= 15 is 0 Å². The number of ether oxygens (including phenoxy) is 1. The number of fused-ring (bicyclic) bond motifs is 9. The molecule has 0 saturated heterocycles. The van der Waals surface area contributed by atoms with Gasteiger partial charge in [0.05, 0.1) is 0 Å². The summed E-state index contributed by atoms with van der Waals surface area (Å²) in [5, 5.41) is 0. The SMILES string of the molecule is Cc1cc(N2c3[c-]c(Oc4[c-]c(-n5[c](=[Pt])n(-c6c(-c7ccccc7)cccc6-c6ccccc6)c6ccccc65)ccc4)ccc3C3(c4cc(C(C)(C)C)ccc42)c2ccccc2N(c2ccccc2)c2ccccc23)ncc1-c1ccc(-c2ccccc2)cc1. The monoisotopic (exact) mass is 1350 g/mol. The van der Waals surface area contributed by atoms with E-state index in [-0.39, 0.29) is 5.41 Å². The van der Waals surface area contributed by atoms with Crippen LogP contribution in [0.2, 0.25) is 0 Å². The van der Waals surface area contributed by atoms with Crippen LogP contribution in [0.1, 0.15) is 54.2 Å². The molecular formula is C84H61N5OPt-2. The molecule has 440 valence electrons. The minimum absolute atomic E-state index is 0.171. The van der Waals surface area contributed by atoms with E-state index in [1.807, 2.05) is 12.3 Å². The zero-order valence-electron chi connectivity index (χ0n) is 50.8. The van der Waals surface area contributed by atoms with Crippen LogP contribution in [0, 0.1) is 22.9 Å². The number of aryl methyl sites for hydroxylation is 1. The molecule has 0 N–H and O–H groups in total. The van der Waals surface area contributed by atoms with Gasteiger partial charge in [-0.1, -0.05) is 142 Å². The molecule has 0 atom stereocenters. The van der Waals surface area contributed by atoms with Crippen LogP contribution in [-0.4, -0.2) is 14.1 Å². The summed E-state index contributed by atoms with van der Waals surface area (Å²) in [5.74, 6) is 1.88. The molecular weight excluding hydrogens is 1290 g/mol. The summed E-state index contributed by atoms with van der Waals surface area (Å²) in [5.41, 5.74) is 24.2. The molecule has 0 fully saturated rings. The second-order valence-electron chi connectivity index (χ2n) is 24.5. The van der Waals surface area contributed by atoms with Gasteiger partial charge in [0.15, 0.2) is 0 Å². The number of pyridine rings is 1. The smallest absolute Gasteiger partial charge is 0.310 e. The van der Waals surface area contributed by atoms with Gasteiger partial charge in [0, 0.05) is 28.8 Å². The Hall–Kier alpha value is -10.7. The Morgan fingerprint density at radius 2 is 0.934 bits per heavy atom. The third kappa shape index (κ3) is 9.35. The van der Waals surface area contributed by atoms with E-state index in [9.17, 15) is 0 Å². The average Bonchev–Trinajstić information content (AvgIpc) is 1.13. The van der Waals surface area contributed by atoms with Crippen molar-refractivity contribution >= 4 is 45.3 Å². The standard InChI is InChI=1S/C84H61N5O.Pt/c1-57-51-81(85-55-70(57)62-45-43-59(44-46-62)58-25-9-5-10-26-58)89-77-50-47-63(83(2,3)4)52-74(77)84(71-37-17-19-39-75(71)88(64-31-15-8-16-32-64)76-40-20-18-38-72(76)84)73-49-48-67(54-80(73)89)90-66-34-23-33-65(53-66)86-56-87(79-42-22-21-41-78(79)86)82-68(60-27-11-6-12-28-60)35-24-36-69(82)61-29-13-7-14-30-61;/h5-52,55H,1-4H3;/q-2;. The van der Waals surface area contributed by atoms with E-state index in [0.717, 1.165) is 111 Å². The maximum absolute atomic E-state index is 7.18. The molecule has 0 aliphatic carbocycles. The van der Waals surface area contributed by atoms with Crippen molar-refractivity contribution < 1.29 is 24.1 Å². The minimum Gasteiger partial charge on any atom is -0.310 e. The first-order chi connectivity index (χ1) is 44.6. The van der Waals surface area contributed by atoms with Crippen LogP contribution in [-0.2, 0) is 30.2 Å². The number of para-hydroxylation sites is 6. The summed E-state index contributed by atoms with van der Waals surface area (Å²) in [6.07, 6.45) is 2.04. The Balaban J connectivity index is 0.881. The van der Waals surface area contributed by atoms with Crippen molar-refractivity contribution in [2.45, 2.75) is 38.5 Å². The van der Waals surface area contributed by atoms with E-state index < -0.39 is 5.41 Å². The molecule has 16 rings (SSSR count). The van der Waals surface area contributed by atoms with Crippen LogP contribution in [0.5, 0.6) is 11.5 Å². The molecule has 0 saturated carbocycles. The molecule has 0 unspecified atom stereocenters. The van der Waals surface area contributed by atoms with Gasteiger partial charge in [-0.05, 0) is 64.4 Å². The number of rotatable bonds is 10. The van der Waals surface area contributed by atoms with Crippen molar-refractivity contribution in [1.29, 1.82) is 0 Å². The van der Waals surface area contributed by atoms with E-state index in [4.69, 9.17) is 9.72 Å². The third-order valence-electron chi connectivity index (χ3n) is 18.1. The maximum atomic E-state index is 7.18. The fraction of sp³-hybridized carbons (Fsp3) is 0.0714. The predicted molar refractivity (Wildman–Crippen MR) is 368 cm³/mol. The van der Waals surface area contributed by atoms with E-state index in [2.05, 4.69) is 363 Å². The van der Waals surface area contributed by atoms with Crippen LogP contribution in [0.4, 0.5) is 34.3 Å². The molecule has 7 heteroatoms. The molecule has 6 nitrogen and oxygen atoms in total. The number of anilines is 6. The van der Waals surface area contributed by atoms with Gasteiger partial charge in [0.25, 0.3) is 0 Å². The Bertz CT molecular complexity index is 5060. The van der Waals surface area contributed by atoms with Gasteiger partial charge in [-0.3, -0.25) is 0 Å². The van der Waals surface area contributed by atoms with Crippen molar-refractivity contribution in [2.24, 2.45) is 0 Å². The molecule has 0 radical (unpaired) electrons. The quantitative estimate of drug-likeness (QED) is 0.128. The third-order valence-corrected chi connectivity index (χ3v) is 19.1. The Labute approximate surface area is 542 Å². The van der Waals surface area contributed by atoms with Gasteiger partial charge >= 0.3 is 306 Å². The Kier molecular flexibility index (Phi) is 13.7. The molecule has 2 aromatic heterocycles. The fourth-order valence-electron chi connectivity index (χ4n) is 13.9. The van der Waals surface area contributed by atoms with Gasteiger partial charge in [0.2, 0.25) is 0 Å². The first-order valence-electron chi connectivity index (χ1n) is 30.9. The number of aromatic nitrogens is 3. The van der Waals surface area contributed by atoms with Crippen molar-refractivity contribution in [3.05, 3.63) is 347 Å². The van der Waals surface area contributed by atoms with Crippen LogP contribution in [0.3, 0.4) is 0 Å². The number of benzene rings is 12. The first-order valence-corrected chi connectivity index (χ1v) is 32.1. The molecule has 2 aliphatic rings. The van der Waals surface area contributed by atoms with Gasteiger partial charge in [0.1, 0.15) is 0 Å². The van der Waals surface area contributed by atoms with Crippen LogP contribution in [0.25, 0.3) is 66.9 Å².